The van der Waals surface area contributed by atoms with Gasteiger partial charge in [0.25, 0.3) is 0 Å². The van der Waals surface area contributed by atoms with Crippen LogP contribution in [-0.4, -0.2) is 102 Å². The third-order valence-electron chi connectivity index (χ3n) is 8.39. The molecule has 0 amide bonds. The lowest BCUT2D eigenvalue weighted by Crippen LogP contribution is -2.44. The van der Waals surface area contributed by atoms with E-state index in [0.29, 0.717) is 32.8 Å². The Balaban J connectivity index is 2.65. The number of nitrogens with zero attached hydrogens (tertiary/aromatic N) is 2. The smallest absolute Gasteiger partial charge is 0.305 e. The van der Waals surface area contributed by atoms with Crippen LogP contribution in [-0.2, 0) is 23.7 Å². The average Bonchev–Trinajstić information content (AvgIpc) is 2.99. The SMILES string of the molecule is CCCCCCCOCC(COCCCCCCC)(COCCCCCCC)COC(=O)CCCN1CCN(C)CC1. The van der Waals surface area contributed by atoms with Gasteiger partial charge in [-0.2, -0.15) is 0 Å². The number of carbonyl (C=O) groups excluding carboxylic acids is 1. The van der Waals surface area contributed by atoms with E-state index in [9.17, 15) is 4.79 Å². The lowest BCUT2D eigenvalue weighted by atomic mass is 9.92. The van der Waals surface area contributed by atoms with Crippen LogP contribution in [0.2, 0.25) is 0 Å². The van der Waals surface area contributed by atoms with Crippen molar-refractivity contribution in [3.8, 4) is 0 Å². The van der Waals surface area contributed by atoms with Crippen LogP contribution < -0.4 is 0 Å². The fourth-order valence-electron chi connectivity index (χ4n) is 5.36. The molecule has 0 atom stereocenters. The van der Waals surface area contributed by atoms with Gasteiger partial charge in [0.05, 0.1) is 25.2 Å². The highest BCUT2D eigenvalue weighted by Crippen LogP contribution is 2.22. The first-order valence-electron chi connectivity index (χ1n) is 17.8. The molecule has 0 aromatic carbocycles. The number of esters is 1. The van der Waals surface area contributed by atoms with Crippen molar-refractivity contribution >= 4 is 5.97 Å². The minimum absolute atomic E-state index is 0.118. The maximum absolute atomic E-state index is 12.8. The summed E-state index contributed by atoms with van der Waals surface area (Å²) in [5.41, 5.74) is -0.469. The molecule has 0 aromatic rings. The van der Waals surface area contributed by atoms with E-state index in [-0.39, 0.29) is 5.97 Å². The maximum atomic E-state index is 12.8. The fourth-order valence-corrected chi connectivity index (χ4v) is 5.36. The van der Waals surface area contributed by atoms with Gasteiger partial charge in [0.1, 0.15) is 6.61 Å². The van der Waals surface area contributed by atoms with Gasteiger partial charge in [-0.15, -0.1) is 0 Å². The zero-order valence-electron chi connectivity index (χ0n) is 28.4. The summed E-state index contributed by atoms with van der Waals surface area (Å²) in [5, 5.41) is 0. The van der Waals surface area contributed by atoms with Crippen molar-refractivity contribution in [1.82, 2.24) is 9.80 Å². The van der Waals surface area contributed by atoms with Crippen LogP contribution in [0.5, 0.6) is 0 Å². The molecule has 1 heterocycles. The Morgan fingerprint density at radius 3 is 1.43 bits per heavy atom. The number of likely N-dealkylation sites (N-methyl/N-ethyl adjacent to an activating group) is 1. The molecule has 0 unspecified atom stereocenters. The summed E-state index contributed by atoms with van der Waals surface area (Å²) in [7, 11) is 2.17. The van der Waals surface area contributed by atoms with Crippen molar-refractivity contribution in [2.24, 2.45) is 5.41 Å². The van der Waals surface area contributed by atoms with Crippen molar-refractivity contribution in [3.05, 3.63) is 0 Å². The Labute approximate surface area is 260 Å². The first-order chi connectivity index (χ1) is 20.5. The highest BCUT2D eigenvalue weighted by atomic mass is 16.5. The van der Waals surface area contributed by atoms with E-state index in [0.717, 1.165) is 78.2 Å². The molecular formula is C35H70N2O5. The van der Waals surface area contributed by atoms with Crippen molar-refractivity contribution in [2.45, 2.75) is 130 Å². The number of piperazine rings is 1. The normalized spacial score (nSPS) is 15.0. The van der Waals surface area contributed by atoms with Gasteiger partial charge in [0.2, 0.25) is 0 Å². The summed E-state index contributed by atoms with van der Waals surface area (Å²) in [4.78, 5) is 17.7. The molecule has 1 fully saturated rings. The lowest BCUT2D eigenvalue weighted by molar-refractivity contribution is -0.156. The molecule has 0 aliphatic carbocycles. The van der Waals surface area contributed by atoms with Crippen molar-refractivity contribution < 1.29 is 23.7 Å². The molecule has 0 saturated carbocycles. The van der Waals surface area contributed by atoms with Gasteiger partial charge in [-0.05, 0) is 39.3 Å². The standard InChI is InChI=1S/C35H70N2O5/c1-5-8-11-14-17-27-39-30-35(31-40-28-18-15-12-9-6-2,32-41-29-19-16-13-10-7-3)33-42-34(38)21-20-22-37-25-23-36(4)24-26-37/h5-33H2,1-4H3. The second kappa shape index (κ2) is 27.8. The molecule has 7 nitrogen and oxygen atoms in total. The van der Waals surface area contributed by atoms with Gasteiger partial charge in [0, 0.05) is 52.4 Å². The second-order valence-electron chi connectivity index (χ2n) is 12.8. The van der Waals surface area contributed by atoms with Gasteiger partial charge < -0.3 is 28.7 Å². The van der Waals surface area contributed by atoms with Gasteiger partial charge in [0.15, 0.2) is 0 Å². The predicted octanol–water partition coefficient (Wildman–Crippen LogP) is 7.50. The third-order valence-corrected chi connectivity index (χ3v) is 8.39. The molecule has 1 rings (SSSR count). The van der Waals surface area contributed by atoms with Gasteiger partial charge in [-0.1, -0.05) is 97.8 Å². The molecule has 42 heavy (non-hydrogen) atoms. The maximum Gasteiger partial charge on any atom is 0.305 e. The van der Waals surface area contributed by atoms with Gasteiger partial charge in [-0.3, -0.25) is 4.79 Å². The van der Waals surface area contributed by atoms with Gasteiger partial charge >= 0.3 is 5.97 Å². The van der Waals surface area contributed by atoms with Crippen LogP contribution in [0.15, 0.2) is 0 Å². The molecule has 1 saturated heterocycles. The van der Waals surface area contributed by atoms with E-state index in [2.05, 4.69) is 37.6 Å². The number of hydrogen-bond donors (Lipinski definition) is 0. The van der Waals surface area contributed by atoms with Crippen LogP contribution in [0.1, 0.15) is 130 Å². The minimum atomic E-state index is -0.469. The molecule has 1 aliphatic rings. The van der Waals surface area contributed by atoms with E-state index >= 15 is 0 Å². The van der Waals surface area contributed by atoms with Crippen LogP contribution in [0.3, 0.4) is 0 Å². The average molecular weight is 599 g/mol. The largest absolute Gasteiger partial charge is 0.465 e. The van der Waals surface area contributed by atoms with Gasteiger partial charge in [-0.25, -0.2) is 0 Å². The first kappa shape index (κ1) is 39.3. The minimum Gasteiger partial charge on any atom is -0.465 e. The predicted molar refractivity (Wildman–Crippen MR) is 175 cm³/mol. The summed E-state index contributed by atoms with van der Waals surface area (Å²) in [6.45, 7) is 16.0. The zero-order chi connectivity index (χ0) is 30.6. The summed E-state index contributed by atoms with van der Waals surface area (Å²) < 4.78 is 24.7. The Kier molecular flexibility index (Phi) is 26.0. The van der Waals surface area contributed by atoms with E-state index in [1.807, 2.05) is 0 Å². The summed E-state index contributed by atoms with van der Waals surface area (Å²) in [5.74, 6) is -0.118. The third kappa shape index (κ3) is 21.9. The molecule has 250 valence electrons. The Bertz CT molecular complexity index is 552. The molecule has 0 radical (unpaired) electrons. The van der Waals surface area contributed by atoms with Crippen LogP contribution in [0.25, 0.3) is 0 Å². The Morgan fingerprint density at radius 2 is 1.00 bits per heavy atom. The number of hydrogen-bond acceptors (Lipinski definition) is 7. The van der Waals surface area contributed by atoms with E-state index in [4.69, 9.17) is 18.9 Å². The Morgan fingerprint density at radius 1 is 0.571 bits per heavy atom. The first-order valence-corrected chi connectivity index (χ1v) is 17.8. The molecule has 1 aliphatic heterocycles. The number of unbranched alkanes of at least 4 members (excludes halogenated alkanes) is 12. The quantitative estimate of drug-likeness (QED) is 0.0627. The van der Waals surface area contributed by atoms with E-state index in [1.54, 1.807) is 0 Å². The number of ether oxygens (including phenoxy) is 4. The van der Waals surface area contributed by atoms with Crippen LogP contribution >= 0.6 is 0 Å². The summed E-state index contributed by atoms with van der Waals surface area (Å²) in [6.07, 6.45) is 19.5. The van der Waals surface area contributed by atoms with Crippen LogP contribution in [0.4, 0.5) is 0 Å². The van der Waals surface area contributed by atoms with Crippen LogP contribution in [0, 0.1) is 5.41 Å². The lowest BCUT2D eigenvalue weighted by Gasteiger charge is -2.33. The topological polar surface area (TPSA) is 60.5 Å². The Hall–Kier alpha value is -0.730. The molecular weight excluding hydrogens is 528 g/mol. The highest BCUT2D eigenvalue weighted by Gasteiger charge is 2.34. The van der Waals surface area contributed by atoms with E-state index in [1.165, 1.54) is 77.0 Å². The molecule has 7 heteroatoms. The molecule has 0 spiro atoms. The number of carbonyl (C=O) groups is 1. The van der Waals surface area contributed by atoms with Crippen molar-refractivity contribution in [1.29, 1.82) is 0 Å². The van der Waals surface area contributed by atoms with Crippen molar-refractivity contribution in [3.63, 3.8) is 0 Å². The summed E-state index contributed by atoms with van der Waals surface area (Å²) >= 11 is 0. The monoisotopic (exact) mass is 599 g/mol. The molecule has 0 N–H and O–H groups in total. The van der Waals surface area contributed by atoms with E-state index < -0.39 is 5.41 Å². The molecule has 0 aromatic heterocycles. The zero-order valence-corrected chi connectivity index (χ0v) is 28.4. The fraction of sp³-hybridized carbons (Fsp3) is 0.971. The number of rotatable bonds is 30. The summed E-state index contributed by atoms with van der Waals surface area (Å²) in [6, 6.07) is 0. The highest BCUT2D eigenvalue weighted by molar-refractivity contribution is 5.69. The van der Waals surface area contributed by atoms with Crippen molar-refractivity contribution in [2.75, 3.05) is 86.0 Å². The molecule has 0 bridgehead atoms. The second-order valence-corrected chi connectivity index (χ2v) is 12.8.